The van der Waals surface area contributed by atoms with E-state index in [0.29, 0.717) is 0 Å². The summed E-state index contributed by atoms with van der Waals surface area (Å²) in [7, 11) is 1.39. The van der Waals surface area contributed by atoms with E-state index in [4.69, 9.17) is 4.74 Å². The molecular formula is C23H18O3. The van der Waals surface area contributed by atoms with Gasteiger partial charge in [0.25, 0.3) is 0 Å². The van der Waals surface area contributed by atoms with Crippen molar-refractivity contribution >= 4 is 17.1 Å². The molecule has 128 valence electrons. The van der Waals surface area contributed by atoms with E-state index < -0.39 is 0 Å². The average molecular weight is 342 g/mol. The molecule has 0 atom stereocenters. The molecule has 3 nitrogen and oxygen atoms in total. The van der Waals surface area contributed by atoms with Crippen LogP contribution in [0.15, 0.2) is 72.8 Å². The van der Waals surface area contributed by atoms with E-state index in [1.165, 1.54) is 7.11 Å². The van der Waals surface area contributed by atoms with Crippen molar-refractivity contribution in [2.45, 2.75) is 6.42 Å². The van der Waals surface area contributed by atoms with E-state index in [2.05, 4.69) is 12.1 Å². The molecule has 3 aromatic carbocycles. The van der Waals surface area contributed by atoms with Gasteiger partial charge in [0, 0.05) is 0 Å². The van der Waals surface area contributed by atoms with Gasteiger partial charge in [0.05, 0.1) is 13.5 Å². The minimum atomic E-state index is -0.313. The number of aromatic hydroxyl groups is 1. The zero-order valence-electron chi connectivity index (χ0n) is 14.4. The standard InChI is InChI=1S/C23H18O3/c1-26-22(25)16-21(17-8-4-2-5-9-17)23(18-10-6-3-7-11-18)19-12-14-20(24)15-13-19/h2,4-6,8-15,24H,16H2,1H3/b23-21-. The lowest BCUT2D eigenvalue weighted by atomic mass is 9.88. The first kappa shape index (κ1) is 17.3. The summed E-state index contributed by atoms with van der Waals surface area (Å²) in [5, 5.41) is 9.65. The van der Waals surface area contributed by atoms with E-state index in [1.807, 2.05) is 54.6 Å². The number of phenolic OH excluding ortho intramolecular Hbond substituents is 1. The number of benzene rings is 2. The smallest absolute Gasteiger partial charge is 0.310 e. The molecule has 0 amide bonds. The van der Waals surface area contributed by atoms with Gasteiger partial charge in [-0.1, -0.05) is 54.6 Å². The fraction of sp³-hybridized carbons (Fsp3) is 0.0870. The summed E-state index contributed by atoms with van der Waals surface area (Å²) in [5.41, 5.74) is 4.49. The maximum Gasteiger partial charge on any atom is 0.310 e. The van der Waals surface area contributed by atoms with Gasteiger partial charge in [0.1, 0.15) is 5.75 Å². The molecule has 0 aliphatic heterocycles. The van der Waals surface area contributed by atoms with Crippen LogP contribution in [0.25, 0.3) is 11.1 Å². The number of carbonyl (C=O) groups is 1. The normalized spacial score (nSPS) is 11.3. The van der Waals surface area contributed by atoms with E-state index in [-0.39, 0.29) is 18.1 Å². The van der Waals surface area contributed by atoms with E-state index >= 15 is 0 Å². The van der Waals surface area contributed by atoms with E-state index in [9.17, 15) is 9.90 Å². The van der Waals surface area contributed by atoms with Crippen molar-refractivity contribution < 1.29 is 14.6 Å². The molecule has 0 heterocycles. The zero-order chi connectivity index (χ0) is 18.4. The summed E-state index contributed by atoms with van der Waals surface area (Å²) >= 11 is 0. The SMILES string of the molecule is COC(=O)C/C(=C(\c1cc#ccc1)c1ccc(O)cc1)c1ccccc1. The highest BCUT2D eigenvalue weighted by Crippen LogP contribution is 2.34. The molecule has 0 unspecified atom stereocenters. The molecule has 0 fully saturated rings. The van der Waals surface area contributed by atoms with Crippen LogP contribution in [-0.2, 0) is 9.53 Å². The Labute approximate surface area is 153 Å². The Kier molecular flexibility index (Phi) is 5.36. The van der Waals surface area contributed by atoms with Gasteiger partial charge >= 0.3 is 5.97 Å². The monoisotopic (exact) mass is 342 g/mol. The van der Waals surface area contributed by atoms with Crippen molar-refractivity contribution in [1.82, 2.24) is 0 Å². The van der Waals surface area contributed by atoms with Crippen LogP contribution in [0.1, 0.15) is 23.1 Å². The molecule has 0 aliphatic rings. The first-order valence-electron chi connectivity index (χ1n) is 8.22. The first-order valence-corrected chi connectivity index (χ1v) is 8.22. The summed E-state index contributed by atoms with van der Waals surface area (Å²) in [6, 6.07) is 28.1. The molecule has 3 heteroatoms. The third-order valence-corrected chi connectivity index (χ3v) is 4.07. The summed E-state index contributed by atoms with van der Waals surface area (Å²) < 4.78 is 4.92. The van der Waals surface area contributed by atoms with E-state index in [1.54, 1.807) is 18.2 Å². The molecule has 0 saturated carbocycles. The van der Waals surface area contributed by atoms with Crippen LogP contribution in [-0.4, -0.2) is 18.2 Å². The topological polar surface area (TPSA) is 46.5 Å². The maximum absolute atomic E-state index is 12.1. The lowest BCUT2D eigenvalue weighted by Gasteiger charge is -2.16. The van der Waals surface area contributed by atoms with Crippen molar-refractivity contribution in [3.63, 3.8) is 0 Å². The third-order valence-electron chi connectivity index (χ3n) is 4.07. The Balaban J connectivity index is 2.28. The predicted molar refractivity (Wildman–Crippen MR) is 101 cm³/mol. The van der Waals surface area contributed by atoms with Gasteiger partial charge in [-0.3, -0.25) is 4.79 Å². The molecule has 0 aromatic heterocycles. The van der Waals surface area contributed by atoms with Gasteiger partial charge in [0.2, 0.25) is 0 Å². The molecule has 3 rings (SSSR count). The number of methoxy groups -OCH3 is 1. The Bertz CT molecular complexity index is 895. The summed E-state index contributed by atoms with van der Waals surface area (Å²) in [6.45, 7) is 0. The molecule has 26 heavy (non-hydrogen) atoms. The highest BCUT2D eigenvalue weighted by molar-refractivity contribution is 6.03. The highest BCUT2D eigenvalue weighted by atomic mass is 16.5. The average Bonchev–Trinajstić information content (AvgIpc) is 2.70. The molecule has 0 bridgehead atoms. The maximum atomic E-state index is 12.1. The van der Waals surface area contributed by atoms with Gasteiger partial charge in [-0.25, -0.2) is 0 Å². The molecule has 1 N–H and O–H groups in total. The second-order valence-electron chi connectivity index (χ2n) is 5.74. The summed E-state index contributed by atoms with van der Waals surface area (Å²) in [6.07, 6.45) is 0.134. The Morgan fingerprint density at radius 1 is 0.923 bits per heavy atom. The number of rotatable bonds is 5. The summed E-state index contributed by atoms with van der Waals surface area (Å²) in [4.78, 5) is 12.1. The zero-order valence-corrected chi connectivity index (χ0v) is 14.4. The van der Waals surface area contributed by atoms with Gasteiger partial charge in [-0.05, 0) is 58.2 Å². The number of hydrogen-bond donors (Lipinski definition) is 1. The van der Waals surface area contributed by atoms with Crippen LogP contribution in [0, 0.1) is 12.1 Å². The molecule has 0 radical (unpaired) electrons. The minimum absolute atomic E-state index is 0.134. The summed E-state index contributed by atoms with van der Waals surface area (Å²) in [5.74, 6) is -0.123. The van der Waals surface area contributed by atoms with Crippen LogP contribution >= 0.6 is 0 Å². The van der Waals surface area contributed by atoms with Gasteiger partial charge in [-0.15, -0.1) is 0 Å². The van der Waals surface area contributed by atoms with Gasteiger partial charge in [0.15, 0.2) is 0 Å². The van der Waals surface area contributed by atoms with Crippen LogP contribution in [0.3, 0.4) is 0 Å². The lowest BCUT2D eigenvalue weighted by molar-refractivity contribution is -0.139. The van der Waals surface area contributed by atoms with Crippen molar-refractivity contribution in [3.05, 3.63) is 102 Å². The quantitative estimate of drug-likeness (QED) is 0.548. The first-order chi connectivity index (χ1) is 12.7. The van der Waals surface area contributed by atoms with Gasteiger partial charge < -0.3 is 9.84 Å². The second-order valence-corrected chi connectivity index (χ2v) is 5.74. The molecule has 0 aliphatic carbocycles. The second kappa shape index (κ2) is 8.04. The van der Waals surface area contributed by atoms with Crippen LogP contribution in [0.2, 0.25) is 0 Å². The fourth-order valence-corrected chi connectivity index (χ4v) is 2.84. The van der Waals surface area contributed by atoms with Crippen molar-refractivity contribution in [2.24, 2.45) is 0 Å². The number of phenols is 1. The number of carbonyl (C=O) groups excluding carboxylic acids is 1. The predicted octanol–water partition coefficient (Wildman–Crippen LogP) is 4.51. The number of hydrogen-bond acceptors (Lipinski definition) is 3. The van der Waals surface area contributed by atoms with Gasteiger partial charge in [-0.2, -0.15) is 0 Å². The molecule has 0 saturated heterocycles. The lowest BCUT2D eigenvalue weighted by Crippen LogP contribution is -2.04. The third kappa shape index (κ3) is 3.93. The van der Waals surface area contributed by atoms with Crippen molar-refractivity contribution in [2.75, 3.05) is 7.11 Å². The number of esters is 1. The Hall–Kier alpha value is -3.51. The largest absolute Gasteiger partial charge is 0.508 e. The Morgan fingerprint density at radius 3 is 2.27 bits per heavy atom. The fourth-order valence-electron chi connectivity index (χ4n) is 2.84. The van der Waals surface area contributed by atoms with Crippen LogP contribution < -0.4 is 0 Å². The molecular weight excluding hydrogens is 324 g/mol. The van der Waals surface area contributed by atoms with Crippen LogP contribution in [0.4, 0.5) is 0 Å². The van der Waals surface area contributed by atoms with E-state index in [0.717, 1.165) is 27.8 Å². The highest BCUT2D eigenvalue weighted by Gasteiger charge is 2.17. The minimum Gasteiger partial charge on any atom is -0.508 e. The van der Waals surface area contributed by atoms with Crippen molar-refractivity contribution in [3.8, 4) is 5.75 Å². The number of ether oxygens (including phenoxy) is 1. The molecule has 0 spiro atoms. The van der Waals surface area contributed by atoms with Crippen molar-refractivity contribution in [1.29, 1.82) is 0 Å². The Morgan fingerprint density at radius 2 is 1.65 bits per heavy atom. The van der Waals surface area contributed by atoms with Crippen LogP contribution in [0.5, 0.6) is 5.75 Å². The molecule has 3 aromatic rings.